The molecule has 2 aromatic carbocycles. The molecule has 0 unspecified atom stereocenters. The Labute approximate surface area is 219 Å². The number of para-hydroxylation sites is 1. The van der Waals surface area contributed by atoms with E-state index < -0.39 is 22.0 Å². The van der Waals surface area contributed by atoms with E-state index in [2.05, 4.69) is 10.0 Å². The molecule has 0 fully saturated rings. The standard InChI is InChI=1S/C28H36N2O6S/c1-2-3-20-37(33,34)30-25-21-22-12-15-24(16-13-22)35-19-9-5-4-8-18-29-27(31)17-14-23-10-6-7-11-26(23)36-28(25)32/h6-7,10-17,25,30H,2-5,8-9,18-21H2,1H3,(H,29,31)/b17-14+/t25-/m0/s1. The van der Waals surface area contributed by atoms with Crippen molar-refractivity contribution in [3.8, 4) is 11.5 Å². The Balaban J connectivity index is 1.87. The van der Waals surface area contributed by atoms with Crippen molar-refractivity contribution in [2.24, 2.45) is 0 Å². The van der Waals surface area contributed by atoms with Crippen LogP contribution in [0.3, 0.4) is 0 Å². The lowest BCUT2D eigenvalue weighted by Gasteiger charge is -2.19. The minimum Gasteiger partial charge on any atom is -0.494 e. The van der Waals surface area contributed by atoms with Crippen LogP contribution in [0, 0.1) is 0 Å². The molecule has 2 aromatic rings. The summed E-state index contributed by atoms with van der Waals surface area (Å²) in [5.74, 6) is -0.0855. The Morgan fingerprint density at radius 2 is 1.73 bits per heavy atom. The highest BCUT2D eigenvalue weighted by Gasteiger charge is 2.27. The molecule has 2 heterocycles. The highest BCUT2D eigenvalue weighted by Crippen LogP contribution is 2.21. The van der Waals surface area contributed by atoms with Crippen molar-refractivity contribution in [3.05, 3.63) is 65.7 Å². The summed E-state index contributed by atoms with van der Waals surface area (Å²) in [4.78, 5) is 25.5. The Bertz CT molecular complexity index is 1160. The van der Waals surface area contributed by atoms with Crippen molar-refractivity contribution >= 4 is 28.0 Å². The Kier molecular flexibility index (Phi) is 11.2. The third kappa shape index (κ3) is 10.0. The summed E-state index contributed by atoms with van der Waals surface area (Å²) in [7, 11) is -3.70. The molecule has 2 N–H and O–H groups in total. The lowest BCUT2D eigenvalue weighted by Crippen LogP contribution is -2.45. The molecule has 2 aliphatic rings. The van der Waals surface area contributed by atoms with Crippen molar-refractivity contribution < 1.29 is 27.5 Å². The highest BCUT2D eigenvalue weighted by atomic mass is 32.2. The number of carbonyl (C=O) groups is 2. The van der Waals surface area contributed by atoms with Gasteiger partial charge >= 0.3 is 5.97 Å². The third-order valence-electron chi connectivity index (χ3n) is 5.92. The lowest BCUT2D eigenvalue weighted by atomic mass is 10.1. The molecule has 200 valence electrons. The first-order valence-electron chi connectivity index (χ1n) is 12.8. The van der Waals surface area contributed by atoms with Crippen LogP contribution < -0.4 is 19.5 Å². The van der Waals surface area contributed by atoms with Crippen LogP contribution in [0.4, 0.5) is 0 Å². The summed E-state index contributed by atoms with van der Waals surface area (Å²) in [6.45, 7) is 3.06. The molecule has 2 aliphatic heterocycles. The van der Waals surface area contributed by atoms with Gasteiger partial charge in [0.25, 0.3) is 0 Å². The number of amides is 1. The van der Waals surface area contributed by atoms with E-state index in [1.165, 1.54) is 6.08 Å². The van der Waals surface area contributed by atoms with Gasteiger partial charge in [-0.15, -0.1) is 0 Å². The zero-order chi connectivity index (χ0) is 26.5. The Hall–Kier alpha value is -3.17. The monoisotopic (exact) mass is 528 g/mol. The van der Waals surface area contributed by atoms with Gasteiger partial charge in [-0.05, 0) is 55.5 Å². The summed E-state index contributed by atoms with van der Waals surface area (Å²) in [5, 5.41) is 2.86. The molecule has 0 aliphatic carbocycles. The Morgan fingerprint density at radius 3 is 2.51 bits per heavy atom. The highest BCUT2D eigenvalue weighted by molar-refractivity contribution is 7.89. The summed E-state index contributed by atoms with van der Waals surface area (Å²) < 4.78 is 39.3. The number of esters is 1. The number of hydrogen-bond acceptors (Lipinski definition) is 6. The molecule has 0 aromatic heterocycles. The molecule has 1 atom stereocenters. The molecule has 0 spiro atoms. The van der Waals surface area contributed by atoms with E-state index in [0.717, 1.165) is 31.2 Å². The molecule has 0 radical (unpaired) electrons. The topological polar surface area (TPSA) is 111 Å². The average Bonchev–Trinajstić information content (AvgIpc) is 2.88. The second-order valence-corrected chi connectivity index (χ2v) is 10.9. The lowest BCUT2D eigenvalue weighted by molar-refractivity contribution is -0.136. The van der Waals surface area contributed by atoms with Crippen LogP contribution in [0.15, 0.2) is 54.6 Å². The normalized spacial score (nSPS) is 19.0. The molecule has 2 bridgehead atoms. The first-order chi connectivity index (χ1) is 17.9. The maximum atomic E-state index is 13.2. The summed E-state index contributed by atoms with van der Waals surface area (Å²) in [6.07, 6.45) is 8.05. The molecular weight excluding hydrogens is 492 g/mol. The van der Waals surface area contributed by atoms with Gasteiger partial charge in [0.15, 0.2) is 0 Å². The van der Waals surface area contributed by atoms with Crippen LogP contribution in [0.2, 0.25) is 0 Å². The van der Waals surface area contributed by atoms with Crippen molar-refractivity contribution in [2.75, 3.05) is 18.9 Å². The van der Waals surface area contributed by atoms with E-state index >= 15 is 0 Å². The van der Waals surface area contributed by atoms with Crippen molar-refractivity contribution in [2.45, 2.75) is 57.9 Å². The molecule has 8 nitrogen and oxygen atoms in total. The summed E-state index contributed by atoms with van der Waals surface area (Å²) in [5.41, 5.74) is 1.30. The predicted octanol–water partition coefficient (Wildman–Crippen LogP) is 4.01. The van der Waals surface area contributed by atoms with Gasteiger partial charge in [-0.2, -0.15) is 0 Å². The van der Waals surface area contributed by atoms with Crippen molar-refractivity contribution in [1.29, 1.82) is 0 Å². The fourth-order valence-electron chi connectivity index (χ4n) is 3.84. The molecule has 4 rings (SSSR count). The maximum absolute atomic E-state index is 13.2. The minimum absolute atomic E-state index is 0.0749. The van der Waals surface area contributed by atoms with E-state index in [-0.39, 0.29) is 23.8 Å². The molecule has 9 heteroatoms. The zero-order valence-electron chi connectivity index (χ0n) is 21.3. The number of ether oxygens (including phenoxy) is 2. The van der Waals surface area contributed by atoms with Gasteiger partial charge in [0.05, 0.1) is 12.4 Å². The van der Waals surface area contributed by atoms with Crippen molar-refractivity contribution in [3.63, 3.8) is 0 Å². The van der Waals surface area contributed by atoms with Gasteiger partial charge in [-0.3, -0.25) is 4.79 Å². The van der Waals surface area contributed by atoms with E-state index in [1.54, 1.807) is 30.3 Å². The van der Waals surface area contributed by atoms with E-state index in [9.17, 15) is 18.0 Å². The minimum atomic E-state index is -3.70. The third-order valence-corrected chi connectivity index (χ3v) is 7.39. The molecule has 0 saturated heterocycles. The second-order valence-electron chi connectivity index (χ2n) is 9.04. The predicted molar refractivity (Wildman–Crippen MR) is 144 cm³/mol. The van der Waals surface area contributed by atoms with Crippen molar-refractivity contribution in [1.82, 2.24) is 10.0 Å². The van der Waals surface area contributed by atoms with Crippen LogP contribution in [0.5, 0.6) is 11.5 Å². The van der Waals surface area contributed by atoms with Gasteiger partial charge < -0.3 is 14.8 Å². The largest absolute Gasteiger partial charge is 0.494 e. The van der Waals surface area contributed by atoms with Gasteiger partial charge in [-0.1, -0.05) is 56.5 Å². The summed E-state index contributed by atoms with van der Waals surface area (Å²) >= 11 is 0. The zero-order valence-corrected chi connectivity index (χ0v) is 22.1. The number of sulfonamides is 1. The van der Waals surface area contributed by atoms with Crippen LogP contribution in [0.25, 0.3) is 6.08 Å². The molecule has 0 saturated carbocycles. The number of nitrogens with one attached hydrogen (secondary N) is 2. The second kappa shape index (κ2) is 14.5. The summed E-state index contributed by atoms with van der Waals surface area (Å²) in [6, 6.07) is 13.0. The van der Waals surface area contributed by atoms with Crippen LogP contribution in [0.1, 0.15) is 56.6 Å². The van der Waals surface area contributed by atoms with E-state index in [0.29, 0.717) is 37.3 Å². The van der Waals surface area contributed by atoms with Gasteiger partial charge in [-0.25, -0.2) is 17.9 Å². The van der Waals surface area contributed by atoms with E-state index in [4.69, 9.17) is 9.47 Å². The maximum Gasteiger partial charge on any atom is 0.329 e. The quantitative estimate of drug-likeness (QED) is 0.448. The smallest absolute Gasteiger partial charge is 0.329 e. The molecule has 37 heavy (non-hydrogen) atoms. The molecular formula is C28H36N2O6S. The number of carbonyl (C=O) groups excluding carboxylic acids is 2. The average molecular weight is 529 g/mol. The van der Waals surface area contributed by atoms with Crippen LogP contribution in [-0.4, -0.2) is 45.2 Å². The fraction of sp³-hybridized carbons (Fsp3) is 0.429. The fourth-order valence-corrected chi connectivity index (χ4v) is 5.24. The number of rotatable bonds is 5. The van der Waals surface area contributed by atoms with E-state index in [1.807, 2.05) is 31.2 Å². The number of benzene rings is 2. The molecule has 1 amide bonds. The first-order valence-corrected chi connectivity index (χ1v) is 14.5. The number of unbranched alkanes of at least 4 members (excludes halogenated alkanes) is 1. The van der Waals surface area contributed by atoms with Gasteiger partial charge in [0.1, 0.15) is 17.5 Å². The number of hydrogen-bond donors (Lipinski definition) is 2. The van der Waals surface area contributed by atoms with Crippen LogP contribution in [-0.2, 0) is 26.0 Å². The number of fused-ring (bicyclic) bond motifs is 14. The van der Waals surface area contributed by atoms with Gasteiger partial charge in [0, 0.05) is 18.2 Å². The van der Waals surface area contributed by atoms with Crippen LogP contribution >= 0.6 is 0 Å². The Morgan fingerprint density at radius 1 is 0.973 bits per heavy atom. The van der Waals surface area contributed by atoms with Gasteiger partial charge in [0.2, 0.25) is 15.9 Å². The first kappa shape index (κ1) is 28.4. The SMILES string of the molecule is CCCCS(=O)(=O)N[C@H]1Cc2ccc(cc2)OCCCCCCNC(=O)/C=C/c2ccccc2OC1=O.